The molecule has 16 heavy (non-hydrogen) atoms. The summed E-state index contributed by atoms with van der Waals surface area (Å²) in [5.41, 5.74) is 0. The number of rotatable bonds is 6. The fourth-order valence-corrected chi connectivity index (χ4v) is 4.71. The minimum Gasteiger partial charge on any atom is -0.206 e. The zero-order valence-electron chi connectivity index (χ0n) is 8.82. The van der Waals surface area contributed by atoms with E-state index in [0.29, 0.717) is 4.21 Å². The summed E-state index contributed by atoms with van der Waals surface area (Å²) in [6.07, 6.45) is 0. The summed E-state index contributed by atoms with van der Waals surface area (Å²) < 4.78 is 26.0. The van der Waals surface area contributed by atoms with Gasteiger partial charge in [0.25, 0.3) is 10.0 Å². The molecular weight excluding hydrogens is 289 g/mol. The predicted molar refractivity (Wildman–Crippen MR) is 69.3 cm³/mol. The third kappa shape index (κ3) is 3.34. The molecule has 0 aliphatic rings. The van der Waals surface area contributed by atoms with Crippen LogP contribution in [0.5, 0.6) is 0 Å². The Kier molecular flexibility index (Phi) is 5.53. The van der Waals surface area contributed by atoms with Crippen LogP contribution < -0.4 is 0 Å². The average molecular weight is 302 g/mol. The summed E-state index contributed by atoms with van der Waals surface area (Å²) in [6, 6.07) is 3.40. The van der Waals surface area contributed by atoms with Crippen LogP contribution in [0.4, 0.5) is 0 Å². The molecule has 0 saturated carbocycles. The number of nitrogens with zero attached hydrogens (tertiary/aromatic N) is 1. The highest BCUT2D eigenvalue weighted by Gasteiger charge is 2.24. The lowest BCUT2D eigenvalue weighted by molar-refractivity contribution is 0.450. The molecule has 1 heterocycles. The SMILES string of the molecule is Cc1ccc(S(=O)(=O)N(CCCl)CCCl)s1. The van der Waals surface area contributed by atoms with E-state index in [2.05, 4.69) is 0 Å². The van der Waals surface area contributed by atoms with Crippen molar-refractivity contribution in [3.63, 3.8) is 0 Å². The van der Waals surface area contributed by atoms with E-state index in [9.17, 15) is 8.42 Å². The van der Waals surface area contributed by atoms with Crippen molar-refractivity contribution in [2.75, 3.05) is 24.8 Å². The highest BCUT2D eigenvalue weighted by molar-refractivity contribution is 7.91. The Labute approximate surface area is 110 Å². The first kappa shape index (κ1) is 14.3. The van der Waals surface area contributed by atoms with Crippen molar-refractivity contribution >= 4 is 44.6 Å². The van der Waals surface area contributed by atoms with Crippen LogP contribution in [0.2, 0.25) is 0 Å². The second kappa shape index (κ2) is 6.21. The molecule has 0 amide bonds. The van der Waals surface area contributed by atoms with Crippen LogP contribution in [0.3, 0.4) is 0 Å². The molecule has 1 rings (SSSR count). The summed E-state index contributed by atoms with van der Waals surface area (Å²) in [4.78, 5) is 0.968. The second-order valence-corrected chi connectivity index (χ2v) is 7.36. The van der Waals surface area contributed by atoms with Gasteiger partial charge in [-0.1, -0.05) is 0 Å². The van der Waals surface area contributed by atoms with Crippen molar-refractivity contribution in [3.05, 3.63) is 17.0 Å². The number of sulfonamides is 1. The summed E-state index contributed by atoms with van der Waals surface area (Å²) >= 11 is 12.4. The molecule has 1 aromatic rings. The van der Waals surface area contributed by atoms with Gasteiger partial charge in [-0.25, -0.2) is 8.42 Å². The Hall–Kier alpha value is 0.190. The van der Waals surface area contributed by atoms with Crippen LogP contribution in [0.1, 0.15) is 4.88 Å². The molecular formula is C9H13Cl2NO2S2. The first-order valence-electron chi connectivity index (χ1n) is 4.71. The number of hydrogen-bond acceptors (Lipinski definition) is 3. The number of aryl methyl sites for hydroxylation is 1. The van der Waals surface area contributed by atoms with Gasteiger partial charge in [0.1, 0.15) is 4.21 Å². The van der Waals surface area contributed by atoms with Gasteiger partial charge in [0, 0.05) is 29.7 Å². The van der Waals surface area contributed by atoms with Gasteiger partial charge in [0.2, 0.25) is 0 Å². The number of thiophene rings is 1. The molecule has 0 spiro atoms. The molecule has 0 unspecified atom stereocenters. The molecule has 0 aliphatic carbocycles. The van der Waals surface area contributed by atoms with Crippen molar-refractivity contribution in [2.45, 2.75) is 11.1 Å². The lowest BCUT2D eigenvalue weighted by Gasteiger charge is -2.18. The van der Waals surface area contributed by atoms with Crippen molar-refractivity contribution in [1.82, 2.24) is 4.31 Å². The molecule has 3 nitrogen and oxygen atoms in total. The van der Waals surface area contributed by atoms with Gasteiger partial charge in [0.15, 0.2) is 0 Å². The van der Waals surface area contributed by atoms with Crippen LogP contribution in [-0.2, 0) is 10.0 Å². The van der Waals surface area contributed by atoms with Gasteiger partial charge in [-0.3, -0.25) is 0 Å². The van der Waals surface area contributed by atoms with Crippen LogP contribution in [0.15, 0.2) is 16.3 Å². The van der Waals surface area contributed by atoms with Crippen molar-refractivity contribution in [2.24, 2.45) is 0 Å². The molecule has 0 aromatic carbocycles. The van der Waals surface area contributed by atoms with Crippen molar-refractivity contribution in [3.8, 4) is 0 Å². The van der Waals surface area contributed by atoms with Crippen LogP contribution in [-0.4, -0.2) is 37.6 Å². The lowest BCUT2D eigenvalue weighted by atomic mass is 10.5. The van der Waals surface area contributed by atoms with E-state index in [1.54, 1.807) is 12.1 Å². The van der Waals surface area contributed by atoms with Crippen molar-refractivity contribution in [1.29, 1.82) is 0 Å². The van der Waals surface area contributed by atoms with Gasteiger partial charge in [-0.2, -0.15) is 4.31 Å². The maximum Gasteiger partial charge on any atom is 0.252 e. The fraction of sp³-hybridized carbons (Fsp3) is 0.556. The Bertz CT molecular complexity index is 424. The van der Waals surface area contributed by atoms with Gasteiger partial charge in [0.05, 0.1) is 0 Å². The standard InChI is InChI=1S/C9H13Cl2NO2S2/c1-8-2-3-9(15-8)16(13,14)12(6-4-10)7-5-11/h2-3H,4-7H2,1H3. The maximum atomic E-state index is 12.1. The van der Waals surface area contributed by atoms with E-state index in [1.807, 2.05) is 6.92 Å². The van der Waals surface area contributed by atoms with Gasteiger partial charge in [-0.05, 0) is 19.1 Å². The monoisotopic (exact) mass is 301 g/mol. The fourth-order valence-electron chi connectivity index (χ4n) is 1.22. The molecule has 0 N–H and O–H groups in total. The molecule has 0 atom stereocenters. The maximum absolute atomic E-state index is 12.1. The van der Waals surface area contributed by atoms with E-state index >= 15 is 0 Å². The molecule has 0 bridgehead atoms. The van der Waals surface area contributed by atoms with E-state index in [-0.39, 0.29) is 24.8 Å². The number of alkyl halides is 2. The van der Waals surface area contributed by atoms with Crippen LogP contribution in [0, 0.1) is 6.92 Å². The smallest absolute Gasteiger partial charge is 0.206 e. The number of hydrogen-bond donors (Lipinski definition) is 0. The van der Waals surface area contributed by atoms with E-state index in [0.717, 1.165) is 4.88 Å². The molecule has 0 aliphatic heterocycles. The summed E-state index contributed by atoms with van der Waals surface area (Å²) in [6.45, 7) is 2.44. The largest absolute Gasteiger partial charge is 0.252 e. The summed E-state index contributed by atoms with van der Waals surface area (Å²) in [5, 5.41) is 0. The zero-order valence-corrected chi connectivity index (χ0v) is 12.0. The van der Waals surface area contributed by atoms with Crippen LogP contribution >= 0.6 is 34.5 Å². The predicted octanol–water partition coefficient (Wildman–Crippen LogP) is 2.52. The zero-order chi connectivity index (χ0) is 12.2. The van der Waals surface area contributed by atoms with Crippen LogP contribution in [0.25, 0.3) is 0 Å². The van der Waals surface area contributed by atoms with Gasteiger partial charge in [-0.15, -0.1) is 34.5 Å². The topological polar surface area (TPSA) is 37.4 Å². The third-order valence-corrected chi connectivity index (χ3v) is 5.68. The average Bonchev–Trinajstić information content (AvgIpc) is 2.65. The molecule has 0 saturated heterocycles. The lowest BCUT2D eigenvalue weighted by Crippen LogP contribution is -2.34. The first-order chi connectivity index (χ1) is 7.52. The third-order valence-electron chi connectivity index (χ3n) is 1.98. The first-order valence-corrected chi connectivity index (χ1v) is 8.03. The second-order valence-electron chi connectivity index (χ2n) is 3.15. The minimum absolute atomic E-state index is 0.264. The molecule has 92 valence electrons. The Morgan fingerprint density at radius 1 is 1.25 bits per heavy atom. The normalized spacial score (nSPS) is 12.2. The Balaban J connectivity index is 2.97. The van der Waals surface area contributed by atoms with Gasteiger partial charge >= 0.3 is 0 Å². The molecule has 0 radical (unpaired) electrons. The van der Waals surface area contributed by atoms with E-state index < -0.39 is 10.0 Å². The highest BCUT2D eigenvalue weighted by atomic mass is 35.5. The summed E-state index contributed by atoms with van der Waals surface area (Å²) in [5.74, 6) is 0.529. The van der Waals surface area contributed by atoms with Gasteiger partial charge < -0.3 is 0 Å². The van der Waals surface area contributed by atoms with E-state index in [4.69, 9.17) is 23.2 Å². The summed E-state index contributed by atoms with van der Waals surface area (Å²) in [7, 11) is -3.42. The van der Waals surface area contributed by atoms with E-state index in [1.165, 1.54) is 15.6 Å². The molecule has 7 heteroatoms. The number of halogens is 2. The highest BCUT2D eigenvalue weighted by Crippen LogP contribution is 2.24. The Morgan fingerprint density at radius 2 is 1.81 bits per heavy atom. The minimum atomic E-state index is -3.42. The molecule has 0 fully saturated rings. The molecule has 1 aromatic heterocycles. The Morgan fingerprint density at radius 3 is 2.19 bits per heavy atom. The quantitative estimate of drug-likeness (QED) is 0.757. The van der Waals surface area contributed by atoms with Crippen molar-refractivity contribution < 1.29 is 8.42 Å².